The van der Waals surface area contributed by atoms with E-state index in [1.165, 1.54) is 10.8 Å². The largest absolute Gasteiger partial charge is 0.460 e. The zero-order valence-electron chi connectivity index (χ0n) is 39.5. The van der Waals surface area contributed by atoms with Crippen molar-refractivity contribution in [1.82, 2.24) is 24.1 Å². The van der Waals surface area contributed by atoms with Gasteiger partial charge < -0.3 is 18.0 Å². The lowest BCUT2D eigenvalue weighted by Gasteiger charge is -2.16. The van der Waals surface area contributed by atoms with Crippen LogP contribution in [0, 0.1) is 5.92 Å². The Morgan fingerprint density at radius 1 is 0.438 bits per heavy atom. The molecule has 15 aromatic rings. The molecule has 0 fully saturated rings. The summed E-state index contributed by atoms with van der Waals surface area (Å²) in [6.45, 7) is 2.23. The molecule has 0 saturated heterocycles. The van der Waals surface area contributed by atoms with Crippen LogP contribution in [0.1, 0.15) is 18.2 Å². The molecular weight excluding hydrogens is 895 g/mol. The number of allylic oxidation sites excluding steroid dienone is 1. The molecule has 0 saturated carbocycles. The van der Waals surface area contributed by atoms with Crippen molar-refractivity contribution >= 4 is 104 Å². The average molecular weight is 936 g/mol. The fraction of sp³-hybridized carbons (Fsp3) is 0.0455. The number of hydrogen-bond donors (Lipinski definition) is 0. The van der Waals surface area contributed by atoms with E-state index in [9.17, 15) is 0 Å². The van der Waals surface area contributed by atoms with Gasteiger partial charge in [-0.05, 0) is 107 Å². The quantitative estimate of drug-likeness (QED) is 0.172. The van der Waals surface area contributed by atoms with Crippen molar-refractivity contribution in [2.24, 2.45) is 5.92 Å². The second kappa shape index (κ2) is 15.2. The summed E-state index contributed by atoms with van der Waals surface area (Å²) in [6.07, 6.45) is 5.33. The van der Waals surface area contributed by atoms with Crippen molar-refractivity contribution in [1.29, 1.82) is 0 Å². The van der Waals surface area contributed by atoms with Crippen molar-refractivity contribution in [3.05, 3.63) is 218 Å². The van der Waals surface area contributed by atoms with E-state index >= 15 is 0 Å². The molecule has 7 nitrogen and oxygen atoms in total. The predicted octanol–water partition coefficient (Wildman–Crippen LogP) is 17.2. The van der Waals surface area contributed by atoms with Gasteiger partial charge in [-0.15, -0.1) is 0 Å². The van der Waals surface area contributed by atoms with Crippen molar-refractivity contribution < 1.29 is 8.83 Å². The molecule has 0 spiro atoms. The summed E-state index contributed by atoms with van der Waals surface area (Å²) in [4.78, 5) is 16.7. The molecule has 0 amide bonds. The van der Waals surface area contributed by atoms with E-state index in [4.69, 9.17) is 23.8 Å². The predicted molar refractivity (Wildman–Crippen MR) is 299 cm³/mol. The maximum Gasteiger partial charge on any atom is 0.166 e. The first kappa shape index (κ1) is 40.2. The molecule has 7 heteroatoms. The van der Waals surface area contributed by atoms with E-state index in [0.717, 1.165) is 133 Å². The average Bonchev–Trinajstić information content (AvgIpc) is 4.19. The van der Waals surface area contributed by atoms with Crippen molar-refractivity contribution in [2.75, 3.05) is 0 Å². The highest BCUT2D eigenvalue weighted by Gasteiger charge is 2.27. The maximum absolute atomic E-state index is 6.99. The van der Waals surface area contributed by atoms with Crippen LogP contribution >= 0.6 is 0 Å². The SMILES string of the molecule is CC1C=Cc2c(oc3cc(-c4nc(-c5ccc6c(c5)c5ccccc5n6-c5ccccc5)nc(-c5c(-n6c7ccccc7c7cc8ccccc8cc76)ccc6oc7c8ccccc8ccc7c56)n4)ccc23)C1. The van der Waals surface area contributed by atoms with Crippen LogP contribution in [0.3, 0.4) is 0 Å². The summed E-state index contributed by atoms with van der Waals surface area (Å²) >= 11 is 0. The third kappa shape index (κ3) is 5.96. The molecule has 0 radical (unpaired) electrons. The lowest BCUT2D eigenvalue weighted by molar-refractivity contribution is 0.513. The van der Waals surface area contributed by atoms with Crippen molar-refractivity contribution in [2.45, 2.75) is 13.3 Å². The number of fused-ring (bicyclic) bond motifs is 15. The Hall–Kier alpha value is -9.59. The lowest BCUT2D eigenvalue weighted by Crippen LogP contribution is -2.04. The van der Waals surface area contributed by atoms with Crippen LogP contribution in [-0.4, -0.2) is 24.1 Å². The van der Waals surface area contributed by atoms with Gasteiger partial charge in [0.2, 0.25) is 0 Å². The van der Waals surface area contributed by atoms with E-state index in [2.05, 4.69) is 228 Å². The van der Waals surface area contributed by atoms with Gasteiger partial charge in [-0.25, -0.2) is 15.0 Å². The third-order valence-corrected chi connectivity index (χ3v) is 15.3. The topological polar surface area (TPSA) is 74.8 Å². The molecule has 1 aliphatic rings. The van der Waals surface area contributed by atoms with Crippen LogP contribution in [0.2, 0.25) is 0 Å². The first-order valence-corrected chi connectivity index (χ1v) is 25.0. The summed E-state index contributed by atoms with van der Waals surface area (Å²) in [6, 6.07) is 71.2. The standard InChI is InChI=1S/C66H41N5O2/c1-38-23-27-48-49-28-25-43(37-60(49)72-59(48)33-38)65-67-64(42-26-30-55-51(35-42)46-19-9-11-21-53(46)70(55)44-16-3-2-4-17-44)68-66(69-65)62-56(31-32-58-61(62)50-29-24-39-13-7-8-18-45(39)63(50)73-58)71-54-22-12-10-20-47(54)52-34-40-14-5-6-15-41(40)36-57(52)71/h2-32,34-38H,33H2,1H3. The number of rotatable bonds is 5. The van der Waals surface area contributed by atoms with Crippen molar-refractivity contribution in [3.63, 3.8) is 0 Å². The monoisotopic (exact) mass is 935 g/mol. The molecular formula is C66H41N5O2. The van der Waals surface area contributed by atoms with E-state index in [1.807, 2.05) is 0 Å². The number of nitrogens with zero attached hydrogens (tertiary/aromatic N) is 5. The van der Waals surface area contributed by atoms with Gasteiger partial charge in [0.15, 0.2) is 17.5 Å². The third-order valence-electron chi connectivity index (χ3n) is 15.3. The first-order chi connectivity index (χ1) is 36.1. The highest BCUT2D eigenvalue weighted by Crippen LogP contribution is 2.46. The Morgan fingerprint density at radius 3 is 1.88 bits per heavy atom. The number of hydrogen-bond acceptors (Lipinski definition) is 5. The molecule has 0 bridgehead atoms. The van der Waals surface area contributed by atoms with Gasteiger partial charge in [-0.2, -0.15) is 0 Å². The smallest absolute Gasteiger partial charge is 0.166 e. The Morgan fingerprint density at radius 2 is 1.07 bits per heavy atom. The van der Waals surface area contributed by atoms with Crippen LogP contribution in [0.5, 0.6) is 0 Å². The van der Waals surface area contributed by atoms with Gasteiger partial charge in [-0.3, -0.25) is 0 Å². The van der Waals surface area contributed by atoms with Gasteiger partial charge in [-0.1, -0.05) is 134 Å². The van der Waals surface area contributed by atoms with Crippen LogP contribution in [0.4, 0.5) is 0 Å². The molecule has 0 aliphatic heterocycles. The highest BCUT2D eigenvalue weighted by atomic mass is 16.3. The molecule has 1 unspecified atom stereocenters. The Labute approximate surface area is 417 Å². The van der Waals surface area contributed by atoms with E-state index in [-0.39, 0.29) is 0 Å². The summed E-state index contributed by atoms with van der Waals surface area (Å²) in [5.74, 6) is 3.05. The van der Waals surface area contributed by atoms with Gasteiger partial charge in [0, 0.05) is 71.9 Å². The number of furan rings is 2. The number of aromatic nitrogens is 5. The van der Waals surface area contributed by atoms with Gasteiger partial charge in [0.25, 0.3) is 0 Å². The normalized spacial score (nSPS) is 13.8. The minimum absolute atomic E-state index is 0.405. The molecule has 1 aliphatic carbocycles. The van der Waals surface area contributed by atoms with Crippen LogP contribution in [0.25, 0.3) is 150 Å². The molecule has 73 heavy (non-hydrogen) atoms. The van der Waals surface area contributed by atoms with Gasteiger partial charge in [0.05, 0.1) is 33.3 Å². The van der Waals surface area contributed by atoms with E-state index < -0.39 is 0 Å². The Kier molecular flexibility index (Phi) is 8.37. The molecule has 342 valence electrons. The molecule has 1 atom stereocenters. The summed E-state index contributed by atoms with van der Waals surface area (Å²) in [7, 11) is 0. The van der Waals surface area contributed by atoms with Crippen LogP contribution in [-0.2, 0) is 6.42 Å². The minimum atomic E-state index is 0.405. The summed E-state index contributed by atoms with van der Waals surface area (Å²) in [5.41, 5.74) is 12.5. The lowest BCUT2D eigenvalue weighted by atomic mass is 9.95. The Bertz CT molecular complexity index is 4860. The first-order valence-electron chi connectivity index (χ1n) is 25.0. The second-order valence-electron chi connectivity index (χ2n) is 19.6. The fourth-order valence-corrected chi connectivity index (χ4v) is 11.9. The summed E-state index contributed by atoms with van der Waals surface area (Å²) < 4.78 is 18.4. The highest BCUT2D eigenvalue weighted by molar-refractivity contribution is 6.21. The molecule has 10 aromatic carbocycles. The van der Waals surface area contributed by atoms with E-state index in [0.29, 0.717) is 23.4 Å². The number of benzene rings is 10. The minimum Gasteiger partial charge on any atom is -0.460 e. The maximum atomic E-state index is 6.99. The second-order valence-corrected chi connectivity index (χ2v) is 19.6. The fourth-order valence-electron chi connectivity index (χ4n) is 11.9. The Balaban J connectivity index is 1.02. The molecule has 0 N–H and O–H groups in total. The zero-order valence-corrected chi connectivity index (χ0v) is 39.5. The van der Waals surface area contributed by atoms with Crippen molar-refractivity contribution in [3.8, 4) is 45.5 Å². The van der Waals surface area contributed by atoms with E-state index in [1.54, 1.807) is 0 Å². The van der Waals surface area contributed by atoms with Gasteiger partial charge in [0.1, 0.15) is 22.5 Å². The van der Waals surface area contributed by atoms with Crippen LogP contribution in [0.15, 0.2) is 215 Å². The molecule has 16 rings (SSSR count). The number of para-hydroxylation sites is 3. The molecule has 5 aromatic heterocycles. The molecule has 5 heterocycles. The van der Waals surface area contributed by atoms with Gasteiger partial charge >= 0.3 is 0 Å². The summed E-state index contributed by atoms with van der Waals surface area (Å²) in [5, 5.41) is 12.1. The van der Waals surface area contributed by atoms with Crippen LogP contribution < -0.4 is 0 Å². The zero-order chi connectivity index (χ0) is 47.9.